The van der Waals surface area contributed by atoms with Gasteiger partial charge in [0.25, 0.3) is 0 Å². The van der Waals surface area contributed by atoms with Crippen molar-refractivity contribution in [2.75, 3.05) is 18.4 Å². The highest BCUT2D eigenvalue weighted by molar-refractivity contribution is 6.33. The zero-order valence-corrected chi connectivity index (χ0v) is 17.5. The molecule has 2 amide bonds. The quantitative estimate of drug-likeness (QED) is 0.669. The number of nitrogens with two attached hydrogens (primary N) is 1. The molecular formula is C21H27ClN4O4. The number of aromatic nitrogens is 1. The number of nitrogens with zero attached hydrogens (tertiary/aromatic N) is 2. The highest BCUT2D eigenvalue weighted by Crippen LogP contribution is 2.56. The number of likely N-dealkylation sites (tertiary alicyclic amines) is 1. The van der Waals surface area contributed by atoms with Crippen molar-refractivity contribution in [2.45, 2.75) is 56.3 Å². The Morgan fingerprint density at radius 3 is 2.67 bits per heavy atom. The number of amides is 2. The van der Waals surface area contributed by atoms with Crippen LogP contribution >= 0.6 is 11.6 Å². The number of halogens is 1. The third kappa shape index (κ3) is 3.60. The second-order valence-corrected chi connectivity index (χ2v) is 9.94. The fourth-order valence-electron chi connectivity index (χ4n) is 6.23. The zero-order chi connectivity index (χ0) is 21.0. The summed E-state index contributed by atoms with van der Waals surface area (Å²) in [6.07, 6.45) is 6.35. The first-order chi connectivity index (χ1) is 14.3. The van der Waals surface area contributed by atoms with Gasteiger partial charge in [0.15, 0.2) is 0 Å². The molecule has 1 aliphatic heterocycles. The lowest BCUT2D eigenvalue weighted by Gasteiger charge is -2.57. The summed E-state index contributed by atoms with van der Waals surface area (Å²) in [7, 11) is 0. The molecule has 5 aliphatic rings. The van der Waals surface area contributed by atoms with E-state index in [0.29, 0.717) is 29.8 Å². The molecule has 1 aromatic heterocycles. The van der Waals surface area contributed by atoms with Gasteiger partial charge in [-0.1, -0.05) is 11.6 Å². The van der Waals surface area contributed by atoms with E-state index in [4.69, 9.17) is 22.1 Å². The van der Waals surface area contributed by atoms with Crippen molar-refractivity contribution in [2.24, 2.45) is 23.5 Å². The van der Waals surface area contributed by atoms with E-state index in [9.17, 15) is 14.7 Å². The summed E-state index contributed by atoms with van der Waals surface area (Å²) < 4.78 is 5.98. The van der Waals surface area contributed by atoms with E-state index < -0.39 is 11.5 Å². The molecule has 4 bridgehead atoms. The van der Waals surface area contributed by atoms with E-state index in [0.717, 1.165) is 38.5 Å². The zero-order valence-electron chi connectivity index (χ0n) is 16.7. The Hall–Kier alpha value is -2.06. The average Bonchev–Trinajstić information content (AvgIpc) is 3.13. The number of anilines is 1. The van der Waals surface area contributed by atoms with Gasteiger partial charge in [-0.2, -0.15) is 0 Å². The molecule has 1 aromatic rings. The van der Waals surface area contributed by atoms with Crippen LogP contribution in [0.2, 0.25) is 5.02 Å². The Labute approximate surface area is 180 Å². The molecule has 6 rings (SSSR count). The van der Waals surface area contributed by atoms with Gasteiger partial charge in [0.05, 0.1) is 16.2 Å². The Balaban J connectivity index is 1.18. The number of primary amides is 1. The maximum absolute atomic E-state index is 12.8. The summed E-state index contributed by atoms with van der Waals surface area (Å²) in [6.45, 7) is 1.10. The standard InChI is InChI=1S/C21H27ClN4O4/c22-16-5-14(18(23)27)9-24-19(16)25-15-1-2-26(10-15)20(28)30-17-12-3-11-4-13(17)8-21(29,6-11)7-12/h5,9,11-13,15,17,29H,1-4,6-8,10H2,(H2,23,27)(H,24,25)/t11?,12?,13?,15-,17?,21?/m1/s1. The predicted octanol–water partition coefficient (Wildman–Crippen LogP) is 2.40. The summed E-state index contributed by atoms with van der Waals surface area (Å²) in [5.74, 6) is 1.04. The second-order valence-electron chi connectivity index (χ2n) is 9.54. The molecule has 0 spiro atoms. The van der Waals surface area contributed by atoms with Crippen molar-refractivity contribution in [1.29, 1.82) is 0 Å². The lowest BCUT2D eigenvalue weighted by atomic mass is 9.53. The van der Waals surface area contributed by atoms with Crippen LogP contribution in [0.1, 0.15) is 48.9 Å². The van der Waals surface area contributed by atoms with Crippen LogP contribution in [0.5, 0.6) is 0 Å². The SMILES string of the molecule is NC(=O)c1cnc(N[C@@H]2CCN(C(=O)OC3C4CC5CC3CC(O)(C5)C4)C2)c(Cl)c1. The van der Waals surface area contributed by atoms with Gasteiger partial charge < -0.3 is 25.8 Å². The first-order valence-corrected chi connectivity index (χ1v) is 11.1. The Bertz CT molecular complexity index is 865. The highest BCUT2D eigenvalue weighted by Gasteiger charge is 2.56. The number of hydrogen-bond donors (Lipinski definition) is 3. The van der Waals surface area contributed by atoms with Gasteiger partial charge in [-0.25, -0.2) is 9.78 Å². The fraction of sp³-hybridized carbons (Fsp3) is 0.667. The summed E-state index contributed by atoms with van der Waals surface area (Å²) in [4.78, 5) is 30.0. The summed E-state index contributed by atoms with van der Waals surface area (Å²) in [5.41, 5.74) is 4.97. The maximum atomic E-state index is 12.8. The molecule has 4 N–H and O–H groups in total. The summed E-state index contributed by atoms with van der Waals surface area (Å²) in [6, 6.07) is 1.49. The molecule has 2 unspecified atom stereocenters. The van der Waals surface area contributed by atoms with Crippen molar-refractivity contribution in [3.05, 3.63) is 22.8 Å². The second kappa shape index (κ2) is 7.27. The summed E-state index contributed by atoms with van der Waals surface area (Å²) >= 11 is 6.20. The molecule has 3 atom stereocenters. The van der Waals surface area contributed by atoms with Crippen LogP contribution in [0.3, 0.4) is 0 Å². The van der Waals surface area contributed by atoms with Crippen molar-refractivity contribution < 1.29 is 19.4 Å². The van der Waals surface area contributed by atoms with Crippen LogP contribution in [-0.2, 0) is 4.74 Å². The van der Waals surface area contributed by atoms with Crippen LogP contribution in [-0.4, -0.2) is 57.8 Å². The summed E-state index contributed by atoms with van der Waals surface area (Å²) in [5, 5.41) is 14.3. The molecule has 8 nitrogen and oxygen atoms in total. The molecule has 30 heavy (non-hydrogen) atoms. The molecule has 4 saturated carbocycles. The molecule has 0 aromatic carbocycles. The van der Waals surface area contributed by atoms with E-state index in [2.05, 4.69) is 10.3 Å². The van der Waals surface area contributed by atoms with Gasteiger partial charge in [-0.15, -0.1) is 0 Å². The molecule has 2 heterocycles. The molecule has 5 fully saturated rings. The van der Waals surface area contributed by atoms with Gasteiger partial charge in [0.2, 0.25) is 5.91 Å². The van der Waals surface area contributed by atoms with Crippen LogP contribution in [0.4, 0.5) is 10.6 Å². The van der Waals surface area contributed by atoms with E-state index in [1.54, 1.807) is 4.90 Å². The third-order valence-electron chi connectivity index (χ3n) is 7.30. The molecule has 162 valence electrons. The van der Waals surface area contributed by atoms with E-state index >= 15 is 0 Å². The number of hydrogen-bond acceptors (Lipinski definition) is 6. The molecule has 9 heteroatoms. The number of carbonyl (C=O) groups excluding carboxylic acids is 2. The molecular weight excluding hydrogens is 408 g/mol. The Kier molecular flexibility index (Phi) is 4.82. The monoisotopic (exact) mass is 434 g/mol. The Morgan fingerprint density at radius 1 is 1.30 bits per heavy atom. The van der Waals surface area contributed by atoms with Crippen molar-refractivity contribution >= 4 is 29.4 Å². The number of rotatable bonds is 4. The van der Waals surface area contributed by atoms with Gasteiger partial charge in [0.1, 0.15) is 11.9 Å². The van der Waals surface area contributed by atoms with Crippen molar-refractivity contribution in [3.63, 3.8) is 0 Å². The van der Waals surface area contributed by atoms with Crippen LogP contribution in [0.15, 0.2) is 12.3 Å². The first kappa shape index (κ1) is 19.9. The maximum Gasteiger partial charge on any atom is 0.410 e. The third-order valence-corrected chi connectivity index (χ3v) is 7.59. The van der Waals surface area contributed by atoms with Gasteiger partial charge >= 0.3 is 6.09 Å². The number of carbonyl (C=O) groups is 2. The minimum absolute atomic E-state index is 0.00110. The van der Waals surface area contributed by atoms with Crippen LogP contribution in [0, 0.1) is 17.8 Å². The minimum Gasteiger partial charge on any atom is -0.446 e. The number of nitrogens with one attached hydrogen (secondary N) is 1. The van der Waals surface area contributed by atoms with Gasteiger partial charge in [-0.05, 0) is 62.3 Å². The number of pyridine rings is 1. The Morgan fingerprint density at radius 2 is 2.03 bits per heavy atom. The first-order valence-electron chi connectivity index (χ1n) is 10.7. The topological polar surface area (TPSA) is 118 Å². The lowest BCUT2D eigenvalue weighted by molar-refractivity contribution is -0.177. The van der Waals surface area contributed by atoms with Gasteiger partial charge in [-0.3, -0.25) is 4.79 Å². The number of ether oxygens (including phenoxy) is 1. The van der Waals surface area contributed by atoms with E-state index in [1.165, 1.54) is 12.3 Å². The van der Waals surface area contributed by atoms with Gasteiger partial charge in [0, 0.05) is 25.3 Å². The molecule has 4 aliphatic carbocycles. The van der Waals surface area contributed by atoms with Crippen LogP contribution < -0.4 is 11.1 Å². The normalized spacial score (nSPS) is 36.7. The van der Waals surface area contributed by atoms with Crippen LogP contribution in [0.25, 0.3) is 0 Å². The van der Waals surface area contributed by atoms with Crippen molar-refractivity contribution in [1.82, 2.24) is 9.88 Å². The largest absolute Gasteiger partial charge is 0.446 e. The van der Waals surface area contributed by atoms with E-state index in [1.807, 2.05) is 0 Å². The fourth-order valence-corrected chi connectivity index (χ4v) is 6.46. The molecule has 0 radical (unpaired) electrons. The lowest BCUT2D eigenvalue weighted by Crippen LogP contribution is -2.58. The molecule has 1 saturated heterocycles. The average molecular weight is 435 g/mol. The van der Waals surface area contributed by atoms with E-state index in [-0.39, 0.29) is 35.6 Å². The number of aliphatic hydroxyl groups is 1. The van der Waals surface area contributed by atoms with Crippen molar-refractivity contribution in [3.8, 4) is 0 Å². The highest BCUT2D eigenvalue weighted by atomic mass is 35.5. The smallest absolute Gasteiger partial charge is 0.410 e. The minimum atomic E-state index is -0.581. The predicted molar refractivity (Wildman–Crippen MR) is 110 cm³/mol.